The average Bonchev–Trinajstić information content (AvgIpc) is 3.35. The number of carbonyl (C=O) groups is 3. The summed E-state index contributed by atoms with van der Waals surface area (Å²) < 4.78 is 0. The van der Waals surface area contributed by atoms with Crippen molar-refractivity contribution in [2.45, 2.75) is 135 Å². The van der Waals surface area contributed by atoms with Crippen molar-refractivity contribution < 1.29 is 14.4 Å². The van der Waals surface area contributed by atoms with E-state index in [0.29, 0.717) is 54.5 Å². The fourth-order valence-corrected chi connectivity index (χ4v) is 11.4. The summed E-state index contributed by atoms with van der Waals surface area (Å²) in [5.41, 5.74) is 0.174. The van der Waals surface area contributed by atoms with Gasteiger partial charge in [0.05, 0.1) is 0 Å². The molecule has 6 rings (SSSR count). The second-order valence-corrected chi connectivity index (χ2v) is 15.8. The normalized spacial score (nSPS) is 39.9. The number of hydrogen-bond acceptors (Lipinski definition) is 3. The van der Waals surface area contributed by atoms with Gasteiger partial charge in [-0.15, -0.1) is 0 Å². The van der Waals surface area contributed by atoms with Crippen molar-refractivity contribution in [1.29, 1.82) is 0 Å². The number of fused-ring (bicyclic) bond motifs is 5. The van der Waals surface area contributed by atoms with E-state index in [2.05, 4.69) is 24.1 Å². The molecule has 5 aliphatic carbocycles. The first-order chi connectivity index (χ1) is 19.7. The van der Waals surface area contributed by atoms with Gasteiger partial charge in [-0.05, 0) is 111 Å². The Hall–Kier alpha value is -1.59. The maximum Gasteiger partial charge on any atom is 0.324 e. The van der Waals surface area contributed by atoms with Gasteiger partial charge in [0.25, 0.3) is 0 Å². The summed E-state index contributed by atoms with van der Waals surface area (Å²) in [5, 5.41) is 3.25. The Labute approximate surface area is 249 Å². The van der Waals surface area contributed by atoms with Crippen LogP contribution in [0.4, 0.5) is 4.79 Å². The zero-order valence-corrected chi connectivity index (χ0v) is 26.3. The van der Waals surface area contributed by atoms with Gasteiger partial charge in [0.15, 0.2) is 0 Å². The van der Waals surface area contributed by atoms with Gasteiger partial charge in [0.2, 0.25) is 11.8 Å². The summed E-state index contributed by atoms with van der Waals surface area (Å²) in [7, 11) is 2.03. The highest BCUT2D eigenvalue weighted by Gasteiger charge is 2.62. The zero-order valence-electron chi connectivity index (χ0n) is 26.3. The minimum atomic E-state index is -0.116. The van der Waals surface area contributed by atoms with E-state index in [1.807, 2.05) is 7.05 Å². The SMILES string of the molecule is CN1C(=O)CC[C@]2(C)[C@H]3CC[C@]4(C)[C@@H](C(=O)N(CC5CCCCC5)C(=O)NCC5CCCCC5)CC[C@H]4[C@@H]3CC[C@@H]12. The lowest BCUT2D eigenvalue weighted by atomic mass is 9.47. The van der Waals surface area contributed by atoms with Gasteiger partial charge in [0.1, 0.15) is 0 Å². The second-order valence-electron chi connectivity index (χ2n) is 15.8. The highest BCUT2D eigenvalue weighted by Crippen LogP contribution is 2.66. The van der Waals surface area contributed by atoms with Gasteiger partial charge in [-0.25, -0.2) is 4.79 Å². The number of nitrogens with one attached hydrogen (secondary N) is 1. The van der Waals surface area contributed by atoms with Gasteiger partial charge in [-0.3, -0.25) is 14.5 Å². The largest absolute Gasteiger partial charge is 0.342 e. The Bertz CT molecular complexity index is 987. The Balaban J connectivity index is 1.18. The molecule has 0 unspecified atom stereocenters. The summed E-state index contributed by atoms with van der Waals surface area (Å²) in [6.07, 6.45) is 20.5. The number of imide groups is 1. The number of hydrogen-bond donors (Lipinski definition) is 1. The van der Waals surface area contributed by atoms with E-state index >= 15 is 0 Å². The molecule has 230 valence electrons. The van der Waals surface area contributed by atoms with Crippen LogP contribution in [0.3, 0.4) is 0 Å². The van der Waals surface area contributed by atoms with Crippen LogP contribution >= 0.6 is 0 Å². The molecule has 6 nitrogen and oxygen atoms in total. The van der Waals surface area contributed by atoms with E-state index in [-0.39, 0.29) is 28.7 Å². The van der Waals surface area contributed by atoms with Gasteiger partial charge < -0.3 is 10.2 Å². The lowest BCUT2D eigenvalue weighted by molar-refractivity contribution is -0.160. The summed E-state index contributed by atoms with van der Waals surface area (Å²) in [5.74, 6) is 3.25. The predicted octanol–water partition coefficient (Wildman–Crippen LogP) is 7.16. The van der Waals surface area contributed by atoms with Crippen LogP contribution in [0.15, 0.2) is 0 Å². The van der Waals surface area contributed by atoms with Crippen molar-refractivity contribution in [1.82, 2.24) is 15.1 Å². The summed E-state index contributed by atoms with van der Waals surface area (Å²) in [4.78, 5) is 44.6. The van der Waals surface area contributed by atoms with E-state index < -0.39 is 0 Å². The number of urea groups is 1. The lowest BCUT2D eigenvalue weighted by Crippen LogP contribution is -2.61. The molecule has 1 saturated heterocycles. The number of likely N-dealkylation sites (tertiary alicyclic amines) is 1. The quantitative estimate of drug-likeness (QED) is 0.383. The molecule has 6 heteroatoms. The molecule has 6 fully saturated rings. The molecule has 1 aliphatic heterocycles. The number of piperidine rings is 1. The molecular weight excluding hydrogens is 510 g/mol. The molecular formula is C35H57N3O3. The van der Waals surface area contributed by atoms with Crippen LogP contribution in [0.2, 0.25) is 0 Å². The van der Waals surface area contributed by atoms with E-state index in [0.717, 1.165) is 57.9 Å². The third-order valence-corrected chi connectivity index (χ3v) is 13.8. The molecule has 41 heavy (non-hydrogen) atoms. The summed E-state index contributed by atoms with van der Waals surface area (Å²) in [6, 6.07) is 0.252. The first-order valence-electron chi connectivity index (χ1n) is 17.6. The Morgan fingerprint density at radius 1 is 0.805 bits per heavy atom. The van der Waals surface area contributed by atoms with Gasteiger partial charge in [-0.2, -0.15) is 0 Å². The molecule has 7 atom stereocenters. The van der Waals surface area contributed by atoms with Crippen molar-refractivity contribution in [3.05, 3.63) is 0 Å². The van der Waals surface area contributed by atoms with Crippen molar-refractivity contribution in [2.24, 2.45) is 46.3 Å². The lowest BCUT2D eigenvalue weighted by Gasteiger charge is -2.61. The van der Waals surface area contributed by atoms with Gasteiger partial charge in [0, 0.05) is 38.5 Å². The molecule has 6 aliphatic rings. The van der Waals surface area contributed by atoms with Crippen molar-refractivity contribution >= 4 is 17.8 Å². The van der Waals surface area contributed by atoms with Crippen molar-refractivity contribution in [3.8, 4) is 0 Å². The highest BCUT2D eigenvalue weighted by atomic mass is 16.2. The average molecular weight is 568 g/mol. The van der Waals surface area contributed by atoms with E-state index in [4.69, 9.17) is 0 Å². The molecule has 0 aromatic rings. The molecule has 0 spiro atoms. The number of carbonyl (C=O) groups excluding carboxylic acids is 3. The maximum absolute atomic E-state index is 14.5. The van der Waals surface area contributed by atoms with Crippen LogP contribution in [-0.4, -0.2) is 53.8 Å². The third-order valence-electron chi connectivity index (χ3n) is 13.8. The Morgan fingerprint density at radius 2 is 1.46 bits per heavy atom. The zero-order chi connectivity index (χ0) is 28.8. The van der Waals surface area contributed by atoms with Crippen LogP contribution in [0.25, 0.3) is 0 Å². The minimum Gasteiger partial charge on any atom is -0.342 e. The number of nitrogens with zero attached hydrogens (tertiary/aromatic N) is 2. The molecule has 0 bridgehead atoms. The van der Waals surface area contributed by atoms with Crippen LogP contribution in [0.5, 0.6) is 0 Å². The van der Waals surface area contributed by atoms with Crippen LogP contribution < -0.4 is 5.32 Å². The second kappa shape index (κ2) is 11.8. The maximum atomic E-state index is 14.5. The van der Waals surface area contributed by atoms with Crippen LogP contribution in [0, 0.1) is 46.3 Å². The molecule has 0 aromatic heterocycles. The monoisotopic (exact) mass is 567 g/mol. The standard InChI is InChI=1S/C35H57N3O3/c1-34-20-18-28-26(14-17-30-35(28,2)21-19-31(39)37(30)3)27(34)15-16-29(34)32(40)38(23-25-12-8-5-9-13-25)33(41)36-22-24-10-6-4-7-11-24/h24-30H,4-23H2,1-3H3,(H,36,41)/t26-,27-,28-,29+,30+,34-,35+/m0/s1. The van der Waals surface area contributed by atoms with Crippen molar-refractivity contribution in [3.63, 3.8) is 0 Å². The Kier molecular flexibility index (Phi) is 8.51. The fraction of sp³-hybridized carbons (Fsp3) is 0.914. The first kappa shape index (κ1) is 29.5. The smallest absolute Gasteiger partial charge is 0.324 e. The summed E-state index contributed by atoms with van der Waals surface area (Å²) in [6.45, 7) is 6.21. The van der Waals surface area contributed by atoms with Gasteiger partial charge in [-0.1, -0.05) is 52.4 Å². The fourth-order valence-electron chi connectivity index (χ4n) is 11.4. The highest BCUT2D eigenvalue weighted by molar-refractivity contribution is 5.96. The predicted molar refractivity (Wildman–Crippen MR) is 162 cm³/mol. The molecule has 1 N–H and O–H groups in total. The Morgan fingerprint density at radius 3 is 2.17 bits per heavy atom. The first-order valence-corrected chi connectivity index (χ1v) is 17.6. The minimum absolute atomic E-state index is 0.0215. The van der Waals surface area contributed by atoms with Gasteiger partial charge >= 0.3 is 6.03 Å². The third kappa shape index (κ3) is 5.37. The molecule has 4 amide bonds. The number of amides is 4. The molecule has 5 saturated carbocycles. The topological polar surface area (TPSA) is 69.7 Å². The van der Waals surface area contributed by atoms with Crippen LogP contribution in [-0.2, 0) is 9.59 Å². The molecule has 1 heterocycles. The molecule has 0 aromatic carbocycles. The summed E-state index contributed by atoms with van der Waals surface area (Å²) >= 11 is 0. The van der Waals surface area contributed by atoms with E-state index in [1.54, 1.807) is 4.90 Å². The van der Waals surface area contributed by atoms with E-state index in [1.165, 1.54) is 57.8 Å². The van der Waals surface area contributed by atoms with Crippen molar-refractivity contribution in [2.75, 3.05) is 20.1 Å². The molecule has 0 radical (unpaired) electrons. The van der Waals surface area contributed by atoms with Crippen LogP contribution in [0.1, 0.15) is 129 Å². The number of rotatable bonds is 5. The van der Waals surface area contributed by atoms with E-state index in [9.17, 15) is 14.4 Å².